The van der Waals surface area contributed by atoms with Crippen molar-refractivity contribution in [1.82, 2.24) is 9.55 Å². The average Bonchev–Trinajstić information content (AvgIpc) is 2.81. The first-order valence-electron chi connectivity index (χ1n) is 5.61. The zero-order valence-electron chi connectivity index (χ0n) is 10.7. The molecule has 1 aromatic carbocycles. The summed E-state index contributed by atoms with van der Waals surface area (Å²) in [7, 11) is 3.34. The van der Waals surface area contributed by atoms with Gasteiger partial charge in [0.25, 0.3) is 0 Å². The summed E-state index contributed by atoms with van der Waals surface area (Å²) in [6.45, 7) is 0.333. The van der Waals surface area contributed by atoms with Gasteiger partial charge in [-0.25, -0.2) is 9.78 Å². The molecule has 0 aliphatic heterocycles. The highest BCUT2D eigenvalue weighted by Gasteiger charge is 2.10. The number of carboxylic acids is 1. The van der Waals surface area contributed by atoms with Gasteiger partial charge >= 0.3 is 5.97 Å². The maximum atomic E-state index is 10.9. The number of aromatic nitrogens is 2. The van der Waals surface area contributed by atoms with E-state index in [0.717, 1.165) is 5.69 Å². The van der Waals surface area contributed by atoms with Crippen LogP contribution in [0.3, 0.4) is 0 Å². The second-order valence-corrected chi connectivity index (χ2v) is 3.96. The van der Waals surface area contributed by atoms with Gasteiger partial charge in [0.1, 0.15) is 6.61 Å². The van der Waals surface area contributed by atoms with E-state index in [4.69, 9.17) is 14.6 Å². The Morgan fingerprint density at radius 3 is 2.79 bits per heavy atom. The first-order chi connectivity index (χ1) is 9.11. The second kappa shape index (κ2) is 5.43. The molecule has 0 radical (unpaired) electrons. The smallest absolute Gasteiger partial charge is 0.335 e. The molecule has 19 heavy (non-hydrogen) atoms. The van der Waals surface area contributed by atoms with E-state index in [-0.39, 0.29) is 5.56 Å². The molecule has 1 N–H and O–H groups in total. The second-order valence-electron chi connectivity index (χ2n) is 3.96. The Morgan fingerprint density at radius 2 is 2.21 bits per heavy atom. The SMILES string of the molecule is COc1cc(C(=O)O)ccc1OCc1cncn1C. The number of imidazole rings is 1. The summed E-state index contributed by atoms with van der Waals surface area (Å²) >= 11 is 0. The topological polar surface area (TPSA) is 73.6 Å². The van der Waals surface area contributed by atoms with Gasteiger partial charge in [0.05, 0.1) is 30.9 Å². The van der Waals surface area contributed by atoms with Crippen molar-refractivity contribution in [3.05, 3.63) is 42.0 Å². The van der Waals surface area contributed by atoms with Crippen molar-refractivity contribution in [3.63, 3.8) is 0 Å². The number of methoxy groups -OCH3 is 1. The van der Waals surface area contributed by atoms with Crippen molar-refractivity contribution in [1.29, 1.82) is 0 Å². The van der Waals surface area contributed by atoms with E-state index in [1.165, 1.54) is 19.2 Å². The number of aromatic carboxylic acids is 1. The Balaban J connectivity index is 2.16. The molecule has 0 saturated heterocycles. The third-order valence-electron chi connectivity index (χ3n) is 2.70. The molecule has 0 amide bonds. The summed E-state index contributed by atoms with van der Waals surface area (Å²) in [6, 6.07) is 4.49. The number of hydrogen-bond acceptors (Lipinski definition) is 4. The van der Waals surface area contributed by atoms with Gasteiger partial charge in [-0.15, -0.1) is 0 Å². The average molecular weight is 262 g/mol. The Labute approximate surface area is 110 Å². The Morgan fingerprint density at radius 1 is 1.42 bits per heavy atom. The van der Waals surface area contributed by atoms with E-state index in [0.29, 0.717) is 18.1 Å². The van der Waals surface area contributed by atoms with Crippen LogP contribution < -0.4 is 9.47 Å². The molecule has 0 unspecified atom stereocenters. The van der Waals surface area contributed by atoms with Crippen LogP contribution in [0.1, 0.15) is 16.1 Å². The maximum Gasteiger partial charge on any atom is 0.335 e. The van der Waals surface area contributed by atoms with Gasteiger partial charge in [-0.1, -0.05) is 0 Å². The van der Waals surface area contributed by atoms with Crippen molar-refractivity contribution in [2.24, 2.45) is 7.05 Å². The zero-order valence-corrected chi connectivity index (χ0v) is 10.7. The summed E-state index contributed by atoms with van der Waals surface area (Å²) in [4.78, 5) is 14.8. The van der Waals surface area contributed by atoms with Crippen molar-refractivity contribution < 1.29 is 19.4 Å². The van der Waals surface area contributed by atoms with Gasteiger partial charge in [-0.05, 0) is 18.2 Å². The Bertz CT molecular complexity index is 592. The number of hydrogen-bond donors (Lipinski definition) is 1. The monoisotopic (exact) mass is 262 g/mol. The van der Waals surface area contributed by atoms with Crippen LogP contribution in [0, 0.1) is 0 Å². The molecular weight excluding hydrogens is 248 g/mol. The van der Waals surface area contributed by atoms with Gasteiger partial charge in [0.15, 0.2) is 11.5 Å². The fourth-order valence-corrected chi connectivity index (χ4v) is 1.60. The van der Waals surface area contributed by atoms with Crippen LogP contribution in [-0.2, 0) is 13.7 Å². The Kier molecular flexibility index (Phi) is 3.70. The molecule has 100 valence electrons. The standard InChI is InChI=1S/C13H14N2O4/c1-15-8-14-6-10(15)7-19-11-4-3-9(13(16)17)5-12(11)18-2/h3-6,8H,7H2,1-2H3,(H,16,17). The molecule has 0 aliphatic carbocycles. The van der Waals surface area contributed by atoms with Gasteiger partial charge in [-0.2, -0.15) is 0 Å². The fraction of sp³-hybridized carbons (Fsp3) is 0.231. The van der Waals surface area contributed by atoms with Crippen LogP contribution in [0.15, 0.2) is 30.7 Å². The predicted molar refractivity (Wildman–Crippen MR) is 67.5 cm³/mol. The first-order valence-corrected chi connectivity index (χ1v) is 5.61. The molecule has 0 bridgehead atoms. The van der Waals surface area contributed by atoms with Crippen molar-refractivity contribution in [2.75, 3.05) is 7.11 Å². The minimum atomic E-state index is -1.00. The normalized spacial score (nSPS) is 10.2. The van der Waals surface area contributed by atoms with E-state index in [1.54, 1.807) is 18.6 Å². The lowest BCUT2D eigenvalue weighted by Crippen LogP contribution is -2.03. The lowest BCUT2D eigenvalue weighted by molar-refractivity contribution is 0.0696. The first kappa shape index (κ1) is 12.9. The summed E-state index contributed by atoms with van der Waals surface area (Å²) in [6.07, 6.45) is 3.39. The van der Waals surface area contributed by atoms with Gasteiger partial charge in [0.2, 0.25) is 0 Å². The van der Waals surface area contributed by atoms with Gasteiger partial charge in [0, 0.05) is 7.05 Å². The molecule has 0 atom stereocenters. The van der Waals surface area contributed by atoms with Crippen molar-refractivity contribution in [3.8, 4) is 11.5 Å². The van der Waals surface area contributed by atoms with Crippen molar-refractivity contribution >= 4 is 5.97 Å². The van der Waals surface area contributed by atoms with E-state index < -0.39 is 5.97 Å². The quantitative estimate of drug-likeness (QED) is 0.887. The molecule has 6 heteroatoms. The minimum Gasteiger partial charge on any atom is -0.493 e. The summed E-state index contributed by atoms with van der Waals surface area (Å²) < 4.78 is 12.6. The third kappa shape index (κ3) is 2.85. The summed E-state index contributed by atoms with van der Waals surface area (Å²) in [5.41, 5.74) is 1.06. The molecular formula is C13H14N2O4. The molecule has 0 aliphatic rings. The van der Waals surface area contributed by atoms with E-state index in [1.807, 2.05) is 11.6 Å². The largest absolute Gasteiger partial charge is 0.493 e. The summed E-state index contributed by atoms with van der Waals surface area (Å²) in [5, 5.41) is 8.90. The predicted octanol–water partition coefficient (Wildman–Crippen LogP) is 1.71. The van der Waals surface area contributed by atoms with Crippen LogP contribution in [0.4, 0.5) is 0 Å². The summed E-state index contributed by atoms with van der Waals surface area (Å²) in [5.74, 6) is -0.118. The van der Waals surface area contributed by atoms with Crippen LogP contribution >= 0.6 is 0 Å². The highest BCUT2D eigenvalue weighted by atomic mass is 16.5. The molecule has 1 heterocycles. The van der Waals surface area contributed by atoms with Crippen molar-refractivity contribution in [2.45, 2.75) is 6.61 Å². The third-order valence-corrected chi connectivity index (χ3v) is 2.70. The fourth-order valence-electron chi connectivity index (χ4n) is 1.60. The molecule has 0 spiro atoms. The number of benzene rings is 1. The number of rotatable bonds is 5. The molecule has 2 rings (SSSR count). The van der Waals surface area contributed by atoms with E-state index in [9.17, 15) is 4.79 Å². The lowest BCUT2D eigenvalue weighted by Gasteiger charge is -2.11. The maximum absolute atomic E-state index is 10.9. The number of aryl methyl sites for hydroxylation is 1. The van der Waals surface area contributed by atoms with Crippen LogP contribution in [0.5, 0.6) is 11.5 Å². The Hall–Kier alpha value is -2.50. The number of carbonyl (C=O) groups is 1. The van der Waals surface area contributed by atoms with E-state index in [2.05, 4.69) is 4.98 Å². The van der Waals surface area contributed by atoms with Crippen LogP contribution in [-0.4, -0.2) is 27.7 Å². The molecule has 6 nitrogen and oxygen atoms in total. The number of nitrogens with zero attached hydrogens (tertiary/aromatic N) is 2. The number of carboxylic acid groups (broad SMARTS) is 1. The van der Waals surface area contributed by atoms with Gasteiger partial charge < -0.3 is 19.1 Å². The number of ether oxygens (including phenoxy) is 2. The van der Waals surface area contributed by atoms with Crippen LogP contribution in [0.2, 0.25) is 0 Å². The molecule has 1 aromatic heterocycles. The molecule has 2 aromatic rings. The van der Waals surface area contributed by atoms with Gasteiger partial charge in [-0.3, -0.25) is 0 Å². The lowest BCUT2D eigenvalue weighted by atomic mass is 10.2. The molecule has 0 fully saturated rings. The zero-order chi connectivity index (χ0) is 13.8. The highest BCUT2D eigenvalue weighted by Crippen LogP contribution is 2.28. The molecule has 0 saturated carbocycles. The van der Waals surface area contributed by atoms with Crippen LogP contribution in [0.25, 0.3) is 0 Å². The highest BCUT2D eigenvalue weighted by molar-refractivity contribution is 5.88. The van der Waals surface area contributed by atoms with E-state index >= 15 is 0 Å². The minimum absolute atomic E-state index is 0.157.